The molecule has 0 saturated heterocycles. The molecule has 0 saturated carbocycles. The summed E-state index contributed by atoms with van der Waals surface area (Å²) in [5.41, 5.74) is 1.60. The van der Waals surface area contributed by atoms with Crippen molar-refractivity contribution in [3.8, 4) is 17.1 Å². The second kappa shape index (κ2) is 10.6. The molecular weight excluding hydrogens is 442 g/mol. The lowest BCUT2D eigenvalue weighted by Gasteiger charge is -2.19. The molecule has 2 amide bonds. The summed E-state index contributed by atoms with van der Waals surface area (Å²) in [5.74, 6) is -0.475. The predicted molar refractivity (Wildman–Crippen MR) is 122 cm³/mol. The van der Waals surface area contributed by atoms with Crippen molar-refractivity contribution in [2.45, 2.75) is 26.2 Å². The number of nitro benzene ring substituents is 1. The molecule has 0 radical (unpaired) electrons. The van der Waals surface area contributed by atoms with Gasteiger partial charge >= 0.3 is 11.8 Å². The minimum absolute atomic E-state index is 0.0356. The van der Waals surface area contributed by atoms with Gasteiger partial charge in [-0.15, -0.1) is 0 Å². The van der Waals surface area contributed by atoms with Crippen LogP contribution < -0.4 is 15.4 Å². The molecule has 0 aliphatic carbocycles. The van der Waals surface area contributed by atoms with Crippen LogP contribution >= 0.6 is 0 Å². The zero-order valence-electron chi connectivity index (χ0n) is 19.0. The number of hydrogen-bond acceptors (Lipinski definition) is 8. The van der Waals surface area contributed by atoms with E-state index in [1.807, 2.05) is 24.3 Å². The summed E-state index contributed by atoms with van der Waals surface area (Å²) in [6.45, 7) is 6.52. The molecule has 2 N–H and O–H groups in total. The van der Waals surface area contributed by atoms with Crippen LogP contribution in [0.3, 0.4) is 0 Å². The van der Waals surface area contributed by atoms with Crippen molar-refractivity contribution >= 4 is 17.5 Å². The van der Waals surface area contributed by atoms with Gasteiger partial charge in [-0.25, -0.2) is 0 Å². The highest BCUT2D eigenvalue weighted by atomic mass is 16.6. The van der Waals surface area contributed by atoms with Gasteiger partial charge in [0.15, 0.2) is 6.61 Å². The third-order valence-electron chi connectivity index (χ3n) is 4.78. The Hall–Kier alpha value is -4.28. The van der Waals surface area contributed by atoms with E-state index >= 15 is 0 Å². The van der Waals surface area contributed by atoms with E-state index in [0.717, 1.165) is 0 Å². The summed E-state index contributed by atoms with van der Waals surface area (Å²) in [5, 5.41) is 19.6. The Morgan fingerprint density at radius 3 is 2.29 bits per heavy atom. The standard InChI is InChI=1S/C23H25N5O6/c1-23(2,3)16-6-10-18(11-7-16)33-14-19(29)24-12-13-25-21(30)22-26-20(27-34-22)15-4-8-17(9-5-15)28(31)32/h4-11H,12-14H2,1-3H3,(H,24,29)(H,25,30). The molecule has 0 aliphatic rings. The smallest absolute Gasteiger partial charge is 0.316 e. The molecule has 1 heterocycles. The SMILES string of the molecule is CC(C)(C)c1ccc(OCC(=O)NCCNC(=O)c2nc(-c3ccc([N+](=O)[O-])cc3)no2)cc1. The summed E-state index contributed by atoms with van der Waals surface area (Å²) in [7, 11) is 0. The van der Waals surface area contributed by atoms with Crippen molar-refractivity contribution in [3.63, 3.8) is 0 Å². The van der Waals surface area contributed by atoms with Crippen LogP contribution in [0, 0.1) is 10.1 Å². The molecular formula is C23H25N5O6. The Bertz CT molecular complexity index is 1150. The largest absolute Gasteiger partial charge is 0.484 e. The predicted octanol–water partition coefficient (Wildman–Crippen LogP) is 2.87. The third kappa shape index (κ3) is 6.61. The molecule has 3 rings (SSSR count). The van der Waals surface area contributed by atoms with Gasteiger partial charge in [-0.2, -0.15) is 4.98 Å². The monoisotopic (exact) mass is 467 g/mol. The summed E-state index contributed by atoms with van der Waals surface area (Å²) in [4.78, 5) is 38.3. The number of hydrogen-bond donors (Lipinski definition) is 2. The maximum absolute atomic E-state index is 12.2. The highest BCUT2D eigenvalue weighted by Crippen LogP contribution is 2.24. The molecule has 0 fully saturated rings. The maximum Gasteiger partial charge on any atom is 0.316 e. The van der Waals surface area contributed by atoms with Crippen LogP contribution in [0.25, 0.3) is 11.4 Å². The van der Waals surface area contributed by atoms with E-state index in [9.17, 15) is 19.7 Å². The summed E-state index contributed by atoms with van der Waals surface area (Å²) >= 11 is 0. The molecule has 1 aromatic heterocycles. The number of nitrogens with zero attached hydrogens (tertiary/aromatic N) is 3. The first-order valence-corrected chi connectivity index (χ1v) is 10.5. The molecule has 0 aliphatic heterocycles. The Morgan fingerprint density at radius 2 is 1.68 bits per heavy atom. The highest BCUT2D eigenvalue weighted by molar-refractivity contribution is 5.89. The normalized spacial score (nSPS) is 11.0. The molecule has 0 spiro atoms. The van der Waals surface area contributed by atoms with Gasteiger partial charge < -0.3 is 19.9 Å². The molecule has 0 unspecified atom stereocenters. The molecule has 3 aromatic rings. The van der Waals surface area contributed by atoms with Crippen LogP contribution in [-0.4, -0.2) is 46.6 Å². The topological polar surface area (TPSA) is 149 Å². The highest BCUT2D eigenvalue weighted by Gasteiger charge is 2.17. The Kier molecular flexibility index (Phi) is 7.57. The van der Waals surface area contributed by atoms with Crippen molar-refractivity contribution in [1.82, 2.24) is 20.8 Å². The van der Waals surface area contributed by atoms with E-state index in [1.54, 1.807) is 0 Å². The lowest BCUT2D eigenvalue weighted by atomic mass is 9.87. The number of nitrogens with one attached hydrogen (secondary N) is 2. The van der Waals surface area contributed by atoms with Crippen molar-refractivity contribution in [3.05, 3.63) is 70.1 Å². The molecule has 2 aromatic carbocycles. The summed E-state index contributed by atoms with van der Waals surface area (Å²) in [6.07, 6.45) is 0. The molecule has 178 valence electrons. The number of rotatable bonds is 9. The number of carbonyl (C=O) groups excluding carboxylic acids is 2. The quantitative estimate of drug-likeness (QED) is 0.277. The minimum atomic E-state index is -0.606. The number of amides is 2. The van der Waals surface area contributed by atoms with Crippen molar-refractivity contribution in [2.24, 2.45) is 0 Å². The second-order valence-electron chi connectivity index (χ2n) is 8.40. The Labute approximate surface area is 195 Å². The van der Waals surface area contributed by atoms with E-state index in [-0.39, 0.29) is 48.4 Å². The minimum Gasteiger partial charge on any atom is -0.484 e. The maximum atomic E-state index is 12.2. The van der Waals surface area contributed by atoms with E-state index in [0.29, 0.717) is 11.3 Å². The van der Waals surface area contributed by atoms with Crippen LogP contribution in [0.5, 0.6) is 5.75 Å². The number of aromatic nitrogens is 2. The van der Waals surface area contributed by atoms with Gasteiger partial charge in [0.25, 0.3) is 11.6 Å². The lowest BCUT2D eigenvalue weighted by Crippen LogP contribution is -2.36. The van der Waals surface area contributed by atoms with E-state index in [1.165, 1.54) is 29.8 Å². The molecule has 0 bridgehead atoms. The van der Waals surface area contributed by atoms with Gasteiger partial charge in [0.1, 0.15) is 5.75 Å². The molecule has 11 nitrogen and oxygen atoms in total. The number of carbonyl (C=O) groups is 2. The number of non-ortho nitro benzene ring substituents is 1. The summed E-state index contributed by atoms with van der Waals surface area (Å²) < 4.78 is 10.4. The van der Waals surface area contributed by atoms with Gasteiger partial charge in [0.05, 0.1) is 4.92 Å². The number of ether oxygens (including phenoxy) is 1. The van der Waals surface area contributed by atoms with E-state index in [2.05, 4.69) is 41.5 Å². The molecule has 0 atom stereocenters. The van der Waals surface area contributed by atoms with E-state index in [4.69, 9.17) is 9.26 Å². The fraction of sp³-hybridized carbons (Fsp3) is 0.304. The fourth-order valence-electron chi connectivity index (χ4n) is 2.87. The van der Waals surface area contributed by atoms with Crippen LogP contribution in [-0.2, 0) is 10.2 Å². The van der Waals surface area contributed by atoms with Crippen LogP contribution in [0.1, 0.15) is 37.0 Å². The van der Waals surface area contributed by atoms with Crippen LogP contribution in [0.15, 0.2) is 53.1 Å². The number of benzene rings is 2. The van der Waals surface area contributed by atoms with Gasteiger partial charge in [-0.05, 0) is 35.2 Å². The summed E-state index contributed by atoms with van der Waals surface area (Å²) in [6, 6.07) is 13.1. The van der Waals surface area contributed by atoms with Gasteiger partial charge in [-0.3, -0.25) is 19.7 Å². The van der Waals surface area contributed by atoms with E-state index < -0.39 is 10.8 Å². The average Bonchev–Trinajstić information content (AvgIpc) is 3.30. The van der Waals surface area contributed by atoms with Gasteiger partial charge in [0, 0.05) is 30.8 Å². The molecule has 11 heteroatoms. The zero-order chi connectivity index (χ0) is 24.7. The zero-order valence-corrected chi connectivity index (χ0v) is 19.0. The Morgan fingerprint density at radius 1 is 1.03 bits per heavy atom. The van der Waals surface area contributed by atoms with Gasteiger partial charge in [0.2, 0.25) is 5.82 Å². The van der Waals surface area contributed by atoms with Crippen molar-refractivity contribution in [1.29, 1.82) is 0 Å². The van der Waals surface area contributed by atoms with Crippen molar-refractivity contribution in [2.75, 3.05) is 19.7 Å². The first-order chi connectivity index (χ1) is 16.1. The average molecular weight is 467 g/mol. The van der Waals surface area contributed by atoms with Crippen LogP contribution in [0.2, 0.25) is 0 Å². The first-order valence-electron chi connectivity index (χ1n) is 10.5. The second-order valence-corrected chi connectivity index (χ2v) is 8.40. The lowest BCUT2D eigenvalue weighted by molar-refractivity contribution is -0.384. The number of nitro groups is 1. The fourth-order valence-corrected chi connectivity index (χ4v) is 2.87. The molecule has 34 heavy (non-hydrogen) atoms. The van der Waals surface area contributed by atoms with Gasteiger partial charge in [-0.1, -0.05) is 38.1 Å². The first kappa shape index (κ1) is 24.4. The third-order valence-corrected chi connectivity index (χ3v) is 4.78. The van der Waals surface area contributed by atoms with Crippen LogP contribution in [0.4, 0.5) is 5.69 Å². The Balaban J connectivity index is 1.39. The van der Waals surface area contributed by atoms with Crippen molar-refractivity contribution < 1.29 is 23.8 Å².